The fourth-order valence-corrected chi connectivity index (χ4v) is 4.59. The summed E-state index contributed by atoms with van der Waals surface area (Å²) in [5.41, 5.74) is 7.75. The van der Waals surface area contributed by atoms with Crippen LogP contribution in [0.4, 0.5) is 0 Å². The van der Waals surface area contributed by atoms with Gasteiger partial charge < -0.3 is 31.5 Å². The average Bonchev–Trinajstić information content (AvgIpc) is 2.97. The summed E-state index contributed by atoms with van der Waals surface area (Å²) < 4.78 is 0. The van der Waals surface area contributed by atoms with Gasteiger partial charge in [0.25, 0.3) is 11.8 Å². The summed E-state index contributed by atoms with van der Waals surface area (Å²) in [6, 6.07) is 19.8. The second kappa shape index (κ2) is 15.5. The summed E-state index contributed by atoms with van der Waals surface area (Å²) in [6.45, 7) is 5.78. The summed E-state index contributed by atoms with van der Waals surface area (Å²) in [4.78, 5) is 40.6. The van der Waals surface area contributed by atoms with E-state index in [0.717, 1.165) is 24.0 Å². The molecule has 0 bridgehead atoms. The van der Waals surface area contributed by atoms with Crippen LogP contribution in [0.5, 0.6) is 5.75 Å². The summed E-state index contributed by atoms with van der Waals surface area (Å²) in [5, 5.41) is 26.9. The van der Waals surface area contributed by atoms with Crippen LogP contribution >= 0.6 is 0 Å². The van der Waals surface area contributed by atoms with Crippen molar-refractivity contribution >= 4 is 17.7 Å². The SMILES string of the molecule is CCCN(CCC)C(=O)c1cc(C(N)=O)cc(C(=O)N[C@@H](Cc2ccc(O)cc2)[C@H](O)CNCc2ccccc2)c1. The lowest BCUT2D eigenvalue weighted by molar-refractivity contribution is 0.0755. The number of carbonyl (C=O) groups excluding carboxylic acids is 3. The third-order valence-electron chi connectivity index (χ3n) is 6.70. The van der Waals surface area contributed by atoms with Gasteiger partial charge in [0.1, 0.15) is 5.75 Å². The van der Waals surface area contributed by atoms with E-state index in [1.54, 1.807) is 29.2 Å². The van der Waals surface area contributed by atoms with Crippen molar-refractivity contribution in [2.24, 2.45) is 5.73 Å². The van der Waals surface area contributed by atoms with E-state index in [1.807, 2.05) is 44.2 Å². The molecule has 0 radical (unpaired) electrons. The predicted molar refractivity (Wildman–Crippen MR) is 159 cm³/mol. The van der Waals surface area contributed by atoms with Gasteiger partial charge in [0, 0.05) is 42.9 Å². The number of nitrogens with one attached hydrogen (secondary N) is 2. The molecule has 218 valence electrons. The Balaban J connectivity index is 1.84. The highest BCUT2D eigenvalue weighted by molar-refractivity contribution is 6.04. The number of amides is 3. The minimum absolute atomic E-state index is 0.0501. The number of hydrogen-bond donors (Lipinski definition) is 5. The van der Waals surface area contributed by atoms with Crippen molar-refractivity contribution in [1.29, 1.82) is 0 Å². The number of aromatic hydroxyl groups is 1. The van der Waals surface area contributed by atoms with Crippen LogP contribution in [0.3, 0.4) is 0 Å². The molecule has 0 saturated carbocycles. The van der Waals surface area contributed by atoms with Crippen LogP contribution in [0, 0.1) is 0 Å². The molecule has 0 aliphatic rings. The lowest BCUT2D eigenvalue weighted by Crippen LogP contribution is -2.48. The molecule has 3 aromatic rings. The quantitative estimate of drug-likeness (QED) is 0.193. The first-order valence-electron chi connectivity index (χ1n) is 14.0. The van der Waals surface area contributed by atoms with Crippen molar-refractivity contribution in [2.45, 2.75) is 51.8 Å². The van der Waals surface area contributed by atoms with E-state index < -0.39 is 24.0 Å². The first-order valence-corrected chi connectivity index (χ1v) is 14.0. The number of aliphatic hydroxyl groups is 1. The molecule has 3 amide bonds. The minimum Gasteiger partial charge on any atom is -0.508 e. The van der Waals surface area contributed by atoms with E-state index in [9.17, 15) is 24.6 Å². The zero-order valence-corrected chi connectivity index (χ0v) is 23.7. The van der Waals surface area contributed by atoms with Gasteiger partial charge in [-0.15, -0.1) is 0 Å². The average molecular weight is 561 g/mol. The highest BCUT2D eigenvalue weighted by Crippen LogP contribution is 2.16. The van der Waals surface area contributed by atoms with Gasteiger partial charge in [0.05, 0.1) is 12.1 Å². The number of phenols is 1. The Bertz CT molecular complexity index is 1290. The molecule has 0 spiro atoms. The van der Waals surface area contributed by atoms with Crippen LogP contribution in [0.1, 0.15) is 68.9 Å². The van der Waals surface area contributed by atoms with Gasteiger partial charge in [0.2, 0.25) is 5.91 Å². The zero-order valence-electron chi connectivity index (χ0n) is 23.7. The molecule has 0 aliphatic heterocycles. The molecule has 9 heteroatoms. The summed E-state index contributed by atoms with van der Waals surface area (Å²) >= 11 is 0. The maximum absolute atomic E-state index is 13.5. The molecule has 0 aromatic heterocycles. The van der Waals surface area contributed by atoms with Crippen molar-refractivity contribution < 1.29 is 24.6 Å². The van der Waals surface area contributed by atoms with Crippen LogP contribution in [0.2, 0.25) is 0 Å². The van der Waals surface area contributed by atoms with Gasteiger partial charge in [-0.2, -0.15) is 0 Å². The zero-order chi connectivity index (χ0) is 29.8. The highest BCUT2D eigenvalue weighted by Gasteiger charge is 2.24. The number of rotatable bonds is 15. The van der Waals surface area contributed by atoms with Gasteiger partial charge in [-0.05, 0) is 60.7 Å². The number of benzene rings is 3. The van der Waals surface area contributed by atoms with E-state index in [4.69, 9.17) is 5.73 Å². The number of phenolic OH excluding ortho intramolecular Hbond substituents is 1. The molecule has 0 aliphatic carbocycles. The Morgan fingerprint density at radius 2 is 1.46 bits per heavy atom. The first kappa shape index (κ1) is 31.3. The fourth-order valence-electron chi connectivity index (χ4n) is 4.59. The molecule has 0 heterocycles. The van der Waals surface area contributed by atoms with E-state index in [2.05, 4.69) is 10.6 Å². The van der Waals surface area contributed by atoms with Crippen molar-refractivity contribution in [2.75, 3.05) is 19.6 Å². The largest absolute Gasteiger partial charge is 0.508 e. The Hall–Kier alpha value is -4.21. The van der Waals surface area contributed by atoms with Crippen LogP contribution < -0.4 is 16.4 Å². The standard InChI is InChI=1S/C32H40N4O5/c1-3-14-36(15-4-2)32(41)26-18-24(30(33)39)17-25(19-26)31(40)35-28(16-22-10-12-27(37)13-11-22)29(38)21-34-20-23-8-6-5-7-9-23/h5-13,17-19,28-29,34,37-38H,3-4,14-16,20-21H2,1-2H3,(H2,33,39)(H,35,40)/t28-,29+/m0/s1. The molecule has 3 rings (SSSR count). The molecule has 41 heavy (non-hydrogen) atoms. The van der Waals surface area contributed by atoms with Crippen molar-refractivity contribution in [3.05, 3.63) is 101 Å². The van der Waals surface area contributed by atoms with Crippen LogP contribution in [-0.2, 0) is 13.0 Å². The molecule has 0 saturated heterocycles. The number of hydrogen-bond acceptors (Lipinski definition) is 6. The van der Waals surface area contributed by atoms with Crippen molar-refractivity contribution in [1.82, 2.24) is 15.5 Å². The second-order valence-corrected chi connectivity index (χ2v) is 10.1. The van der Waals surface area contributed by atoms with Gasteiger partial charge in [0.15, 0.2) is 0 Å². The Labute approximate surface area is 241 Å². The minimum atomic E-state index is -0.971. The normalized spacial score (nSPS) is 12.4. The van der Waals surface area contributed by atoms with E-state index in [-0.39, 0.29) is 41.3 Å². The van der Waals surface area contributed by atoms with Crippen LogP contribution in [0.15, 0.2) is 72.8 Å². The molecule has 0 fully saturated rings. The Morgan fingerprint density at radius 1 is 0.854 bits per heavy atom. The molecular formula is C32H40N4O5. The number of nitrogens with two attached hydrogens (primary N) is 1. The Kier molecular flexibility index (Phi) is 11.9. The Morgan fingerprint density at radius 3 is 2.07 bits per heavy atom. The van der Waals surface area contributed by atoms with Crippen molar-refractivity contribution in [3.8, 4) is 5.75 Å². The fraction of sp³-hybridized carbons (Fsp3) is 0.344. The predicted octanol–water partition coefficient (Wildman–Crippen LogP) is 3.25. The maximum atomic E-state index is 13.5. The van der Waals surface area contributed by atoms with Crippen LogP contribution in [-0.4, -0.2) is 64.6 Å². The number of carbonyl (C=O) groups is 3. The number of primary amides is 1. The highest BCUT2D eigenvalue weighted by atomic mass is 16.3. The van der Waals surface area contributed by atoms with Gasteiger partial charge >= 0.3 is 0 Å². The molecule has 6 N–H and O–H groups in total. The molecule has 9 nitrogen and oxygen atoms in total. The van der Waals surface area contributed by atoms with Gasteiger partial charge in [-0.1, -0.05) is 56.3 Å². The number of nitrogens with zero attached hydrogens (tertiary/aromatic N) is 1. The number of aliphatic hydroxyl groups excluding tert-OH is 1. The third-order valence-corrected chi connectivity index (χ3v) is 6.70. The lowest BCUT2D eigenvalue weighted by Gasteiger charge is -2.25. The molecular weight excluding hydrogens is 520 g/mol. The monoisotopic (exact) mass is 560 g/mol. The van der Waals surface area contributed by atoms with Gasteiger partial charge in [-0.3, -0.25) is 14.4 Å². The van der Waals surface area contributed by atoms with E-state index in [0.29, 0.717) is 19.6 Å². The smallest absolute Gasteiger partial charge is 0.253 e. The van der Waals surface area contributed by atoms with E-state index >= 15 is 0 Å². The lowest BCUT2D eigenvalue weighted by atomic mass is 9.99. The third kappa shape index (κ3) is 9.44. The summed E-state index contributed by atoms with van der Waals surface area (Å²) in [7, 11) is 0. The molecule has 0 unspecified atom stereocenters. The van der Waals surface area contributed by atoms with Crippen molar-refractivity contribution in [3.63, 3.8) is 0 Å². The topological polar surface area (TPSA) is 145 Å². The van der Waals surface area contributed by atoms with Crippen LogP contribution in [0.25, 0.3) is 0 Å². The first-order chi connectivity index (χ1) is 19.7. The maximum Gasteiger partial charge on any atom is 0.253 e. The van der Waals surface area contributed by atoms with Gasteiger partial charge in [-0.25, -0.2) is 0 Å². The summed E-state index contributed by atoms with van der Waals surface area (Å²) in [6.07, 6.45) is 0.844. The molecule has 3 aromatic carbocycles. The van der Waals surface area contributed by atoms with E-state index in [1.165, 1.54) is 18.2 Å². The molecule has 2 atom stereocenters. The second-order valence-electron chi connectivity index (χ2n) is 10.1. The summed E-state index contributed by atoms with van der Waals surface area (Å²) in [5.74, 6) is -1.47.